The number of hydrogen-bond donors (Lipinski definition) is 2. The Labute approximate surface area is 89.8 Å². The first kappa shape index (κ1) is 10.4. The van der Waals surface area contributed by atoms with Crippen LogP contribution in [0.3, 0.4) is 0 Å². The van der Waals surface area contributed by atoms with Gasteiger partial charge < -0.3 is 10.4 Å². The van der Waals surface area contributed by atoms with Crippen LogP contribution in [-0.4, -0.2) is 28.2 Å². The van der Waals surface area contributed by atoms with Crippen LogP contribution in [0.25, 0.3) is 0 Å². The third kappa shape index (κ3) is 2.65. The van der Waals surface area contributed by atoms with E-state index in [2.05, 4.69) is 15.3 Å². The summed E-state index contributed by atoms with van der Waals surface area (Å²) < 4.78 is 0. The zero-order valence-electron chi connectivity index (χ0n) is 9.03. The second-order valence-corrected chi connectivity index (χ2v) is 4.37. The standard InChI is InChI=1S/C11H17N3O/c1-9-6-10(14-8-13-9)12-7-11(2-3-11)4-5-15/h6,8,15H,2-5,7H2,1H3,(H,12,13,14). The fourth-order valence-electron chi connectivity index (χ4n) is 1.76. The lowest BCUT2D eigenvalue weighted by Crippen LogP contribution is -2.17. The molecule has 0 saturated heterocycles. The SMILES string of the molecule is Cc1cc(NCC2(CCO)CC2)ncn1. The van der Waals surface area contributed by atoms with E-state index in [-0.39, 0.29) is 6.61 Å². The molecule has 4 heteroatoms. The molecule has 0 unspecified atom stereocenters. The van der Waals surface area contributed by atoms with Gasteiger partial charge in [-0.15, -0.1) is 0 Å². The highest BCUT2D eigenvalue weighted by atomic mass is 16.3. The van der Waals surface area contributed by atoms with Gasteiger partial charge in [0.15, 0.2) is 0 Å². The molecule has 2 rings (SSSR count). The van der Waals surface area contributed by atoms with E-state index < -0.39 is 0 Å². The van der Waals surface area contributed by atoms with Crippen molar-refractivity contribution in [3.8, 4) is 0 Å². The Morgan fingerprint density at radius 1 is 1.47 bits per heavy atom. The minimum Gasteiger partial charge on any atom is -0.396 e. The van der Waals surface area contributed by atoms with Crippen LogP contribution < -0.4 is 5.32 Å². The quantitative estimate of drug-likeness (QED) is 0.765. The molecule has 0 aliphatic heterocycles. The van der Waals surface area contributed by atoms with Crippen LogP contribution in [0.5, 0.6) is 0 Å². The summed E-state index contributed by atoms with van der Waals surface area (Å²) in [4.78, 5) is 8.19. The molecule has 0 radical (unpaired) electrons. The second-order valence-electron chi connectivity index (χ2n) is 4.37. The zero-order chi connectivity index (χ0) is 10.7. The largest absolute Gasteiger partial charge is 0.396 e. The molecule has 0 aromatic carbocycles. The summed E-state index contributed by atoms with van der Waals surface area (Å²) in [5.74, 6) is 0.881. The van der Waals surface area contributed by atoms with Crippen LogP contribution >= 0.6 is 0 Å². The van der Waals surface area contributed by atoms with E-state index in [1.165, 1.54) is 12.8 Å². The predicted octanol–water partition coefficient (Wildman–Crippen LogP) is 1.36. The van der Waals surface area contributed by atoms with Crippen molar-refractivity contribution in [1.82, 2.24) is 9.97 Å². The summed E-state index contributed by atoms with van der Waals surface area (Å²) in [5, 5.41) is 12.2. The van der Waals surface area contributed by atoms with Gasteiger partial charge in [0.1, 0.15) is 12.1 Å². The van der Waals surface area contributed by atoms with E-state index in [1.54, 1.807) is 6.33 Å². The van der Waals surface area contributed by atoms with E-state index in [4.69, 9.17) is 5.11 Å². The first-order chi connectivity index (χ1) is 7.24. The topological polar surface area (TPSA) is 58.0 Å². The normalized spacial score (nSPS) is 17.5. The lowest BCUT2D eigenvalue weighted by molar-refractivity contribution is 0.253. The zero-order valence-corrected chi connectivity index (χ0v) is 9.03. The molecule has 2 N–H and O–H groups in total. The number of anilines is 1. The molecule has 15 heavy (non-hydrogen) atoms. The smallest absolute Gasteiger partial charge is 0.129 e. The van der Waals surface area contributed by atoms with Gasteiger partial charge >= 0.3 is 0 Å². The molecule has 0 spiro atoms. The maximum Gasteiger partial charge on any atom is 0.129 e. The highest BCUT2D eigenvalue weighted by Crippen LogP contribution is 2.48. The first-order valence-corrected chi connectivity index (χ1v) is 5.37. The Bertz CT molecular complexity index is 336. The highest BCUT2D eigenvalue weighted by molar-refractivity contribution is 5.35. The number of nitrogens with one attached hydrogen (secondary N) is 1. The van der Waals surface area contributed by atoms with Gasteiger partial charge in [-0.1, -0.05) is 0 Å². The van der Waals surface area contributed by atoms with Crippen molar-refractivity contribution in [2.75, 3.05) is 18.5 Å². The average molecular weight is 207 g/mol. The average Bonchev–Trinajstić information content (AvgIpc) is 2.97. The van der Waals surface area contributed by atoms with Gasteiger partial charge in [-0.05, 0) is 31.6 Å². The Kier molecular flexibility index (Phi) is 2.86. The van der Waals surface area contributed by atoms with E-state index in [0.29, 0.717) is 5.41 Å². The monoisotopic (exact) mass is 207 g/mol. The number of aryl methyl sites for hydroxylation is 1. The lowest BCUT2D eigenvalue weighted by atomic mass is 10.0. The summed E-state index contributed by atoms with van der Waals surface area (Å²) in [6.45, 7) is 3.14. The predicted molar refractivity (Wildman–Crippen MR) is 58.6 cm³/mol. The van der Waals surface area contributed by atoms with Crippen molar-refractivity contribution in [3.63, 3.8) is 0 Å². The molecule has 1 aliphatic rings. The van der Waals surface area contributed by atoms with Gasteiger partial charge in [-0.3, -0.25) is 0 Å². The molecular weight excluding hydrogens is 190 g/mol. The van der Waals surface area contributed by atoms with Crippen LogP contribution in [0, 0.1) is 12.3 Å². The van der Waals surface area contributed by atoms with Crippen molar-refractivity contribution < 1.29 is 5.11 Å². The van der Waals surface area contributed by atoms with E-state index >= 15 is 0 Å². The fraction of sp³-hybridized carbons (Fsp3) is 0.636. The van der Waals surface area contributed by atoms with Crippen molar-refractivity contribution in [3.05, 3.63) is 18.1 Å². The van der Waals surface area contributed by atoms with Crippen molar-refractivity contribution in [2.24, 2.45) is 5.41 Å². The number of hydrogen-bond acceptors (Lipinski definition) is 4. The number of rotatable bonds is 5. The van der Waals surface area contributed by atoms with Gasteiger partial charge in [-0.25, -0.2) is 9.97 Å². The maximum atomic E-state index is 8.93. The number of aliphatic hydroxyl groups is 1. The minimum atomic E-state index is 0.282. The molecule has 82 valence electrons. The molecule has 1 heterocycles. The molecule has 1 fully saturated rings. The van der Waals surface area contributed by atoms with Crippen LogP contribution in [0.15, 0.2) is 12.4 Å². The number of aliphatic hydroxyl groups excluding tert-OH is 1. The Hall–Kier alpha value is -1.16. The molecule has 4 nitrogen and oxygen atoms in total. The lowest BCUT2D eigenvalue weighted by Gasteiger charge is -2.14. The van der Waals surface area contributed by atoms with Gasteiger partial charge in [-0.2, -0.15) is 0 Å². The van der Waals surface area contributed by atoms with E-state index in [1.807, 2.05) is 13.0 Å². The molecule has 1 aromatic rings. The third-order valence-corrected chi connectivity index (χ3v) is 3.05. The molecule has 1 aliphatic carbocycles. The molecule has 1 saturated carbocycles. The van der Waals surface area contributed by atoms with Crippen LogP contribution in [0.1, 0.15) is 25.0 Å². The van der Waals surface area contributed by atoms with E-state index in [0.717, 1.165) is 24.5 Å². The van der Waals surface area contributed by atoms with Gasteiger partial charge in [0.2, 0.25) is 0 Å². The van der Waals surface area contributed by atoms with Crippen LogP contribution in [0.4, 0.5) is 5.82 Å². The number of nitrogens with zero attached hydrogens (tertiary/aromatic N) is 2. The Balaban J connectivity index is 1.88. The Morgan fingerprint density at radius 3 is 2.87 bits per heavy atom. The summed E-state index contributed by atoms with van der Waals surface area (Å²) in [7, 11) is 0. The maximum absolute atomic E-state index is 8.93. The molecule has 1 aromatic heterocycles. The van der Waals surface area contributed by atoms with Crippen molar-refractivity contribution in [2.45, 2.75) is 26.2 Å². The minimum absolute atomic E-state index is 0.282. The third-order valence-electron chi connectivity index (χ3n) is 3.05. The summed E-state index contributed by atoms with van der Waals surface area (Å²) in [5.41, 5.74) is 1.30. The summed E-state index contributed by atoms with van der Waals surface area (Å²) >= 11 is 0. The van der Waals surface area contributed by atoms with Crippen LogP contribution in [-0.2, 0) is 0 Å². The molecule has 0 atom stereocenters. The fourth-order valence-corrected chi connectivity index (χ4v) is 1.76. The van der Waals surface area contributed by atoms with E-state index in [9.17, 15) is 0 Å². The van der Waals surface area contributed by atoms with Crippen molar-refractivity contribution in [1.29, 1.82) is 0 Å². The van der Waals surface area contributed by atoms with Gasteiger partial charge in [0, 0.05) is 24.9 Å². The first-order valence-electron chi connectivity index (χ1n) is 5.37. The molecular formula is C11H17N3O. The Morgan fingerprint density at radius 2 is 2.27 bits per heavy atom. The number of aromatic nitrogens is 2. The van der Waals surface area contributed by atoms with Crippen molar-refractivity contribution >= 4 is 5.82 Å². The highest BCUT2D eigenvalue weighted by Gasteiger charge is 2.41. The second kappa shape index (κ2) is 4.14. The van der Waals surface area contributed by atoms with Gasteiger partial charge in [0.05, 0.1) is 0 Å². The van der Waals surface area contributed by atoms with Crippen LogP contribution in [0.2, 0.25) is 0 Å². The summed E-state index contributed by atoms with van der Waals surface area (Å²) in [6.07, 6.45) is 4.89. The summed E-state index contributed by atoms with van der Waals surface area (Å²) in [6, 6.07) is 1.94. The van der Waals surface area contributed by atoms with Gasteiger partial charge in [0.25, 0.3) is 0 Å². The molecule has 0 bridgehead atoms. The molecule has 0 amide bonds.